The van der Waals surface area contributed by atoms with Crippen molar-refractivity contribution in [2.24, 2.45) is 0 Å². The lowest BCUT2D eigenvalue weighted by molar-refractivity contribution is 0.471. The maximum atomic E-state index is 4.53. The molecule has 3 aromatic rings. The highest BCUT2D eigenvalue weighted by Gasteiger charge is 2.24. The molecule has 0 bridgehead atoms. The summed E-state index contributed by atoms with van der Waals surface area (Å²) in [7, 11) is 0. The van der Waals surface area contributed by atoms with Crippen molar-refractivity contribution in [3.8, 4) is 0 Å². The highest BCUT2D eigenvalue weighted by molar-refractivity contribution is 5.41. The molecule has 0 amide bonds. The molecule has 0 aliphatic carbocycles. The lowest BCUT2D eigenvalue weighted by Gasteiger charge is -2.25. The fraction of sp³-hybridized carbons (Fsp3) is 0.312. The van der Waals surface area contributed by atoms with E-state index in [9.17, 15) is 0 Å². The molecule has 5 nitrogen and oxygen atoms in total. The van der Waals surface area contributed by atoms with Crippen LogP contribution in [0.25, 0.3) is 5.65 Å². The zero-order valence-electron chi connectivity index (χ0n) is 12.2. The predicted octanol–water partition coefficient (Wildman–Crippen LogP) is 2.13. The van der Waals surface area contributed by atoms with Gasteiger partial charge in [-0.25, -0.2) is 4.98 Å². The smallest absolute Gasteiger partial charge is 0.164 e. The largest absolute Gasteiger partial charge is 0.303 e. The van der Waals surface area contributed by atoms with Gasteiger partial charge in [0.2, 0.25) is 0 Å². The SMILES string of the molecule is Cc1cc2nnc(C3Cc4ccccc4CN3)n2c(C)n1. The van der Waals surface area contributed by atoms with Crippen molar-refractivity contribution in [3.63, 3.8) is 0 Å². The van der Waals surface area contributed by atoms with Gasteiger partial charge in [0.1, 0.15) is 5.82 Å². The maximum absolute atomic E-state index is 4.53. The van der Waals surface area contributed by atoms with Crippen molar-refractivity contribution in [1.29, 1.82) is 0 Å². The van der Waals surface area contributed by atoms with E-state index in [1.54, 1.807) is 0 Å². The van der Waals surface area contributed by atoms with Gasteiger partial charge in [-0.3, -0.25) is 4.40 Å². The quantitative estimate of drug-likeness (QED) is 0.741. The fourth-order valence-electron chi connectivity index (χ4n) is 3.12. The first-order chi connectivity index (χ1) is 10.2. The molecule has 3 heterocycles. The molecule has 106 valence electrons. The molecule has 1 unspecified atom stereocenters. The van der Waals surface area contributed by atoms with E-state index in [1.165, 1.54) is 11.1 Å². The Balaban J connectivity index is 1.78. The second-order valence-corrected chi connectivity index (χ2v) is 5.60. The Bertz CT molecular complexity index is 821. The summed E-state index contributed by atoms with van der Waals surface area (Å²) in [5.74, 6) is 1.88. The van der Waals surface area contributed by atoms with E-state index in [0.717, 1.165) is 36.0 Å². The first-order valence-corrected chi connectivity index (χ1v) is 7.22. The average Bonchev–Trinajstić information content (AvgIpc) is 2.90. The molecule has 4 rings (SSSR count). The fourth-order valence-corrected chi connectivity index (χ4v) is 3.12. The molecule has 0 radical (unpaired) electrons. The summed E-state index contributed by atoms with van der Waals surface area (Å²) in [6.45, 7) is 4.86. The van der Waals surface area contributed by atoms with Crippen molar-refractivity contribution in [2.45, 2.75) is 32.9 Å². The summed E-state index contributed by atoms with van der Waals surface area (Å²) in [6.07, 6.45) is 0.935. The second kappa shape index (κ2) is 4.63. The number of nitrogens with zero attached hydrogens (tertiary/aromatic N) is 4. The Kier molecular flexibility index (Phi) is 2.75. The molecule has 1 N–H and O–H groups in total. The van der Waals surface area contributed by atoms with Crippen LogP contribution < -0.4 is 5.32 Å². The Hall–Kier alpha value is -2.27. The van der Waals surface area contributed by atoms with E-state index < -0.39 is 0 Å². The average molecular weight is 279 g/mol. The minimum absolute atomic E-state index is 0.179. The number of hydrogen-bond donors (Lipinski definition) is 1. The first-order valence-electron chi connectivity index (χ1n) is 7.22. The van der Waals surface area contributed by atoms with E-state index in [1.807, 2.05) is 19.9 Å². The van der Waals surface area contributed by atoms with Gasteiger partial charge in [-0.1, -0.05) is 24.3 Å². The molecule has 0 saturated heterocycles. The maximum Gasteiger partial charge on any atom is 0.164 e. The molecule has 0 saturated carbocycles. The van der Waals surface area contributed by atoms with Crippen LogP contribution >= 0.6 is 0 Å². The molecule has 0 fully saturated rings. The lowest BCUT2D eigenvalue weighted by Crippen LogP contribution is -2.30. The summed E-state index contributed by atoms with van der Waals surface area (Å²) in [5, 5.41) is 12.3. The third-order valence-electron chi connectivity index (χ3n) is 4.11. The van der Waals surface area contributed by atoms with Gasteiger partial charge in [-0.2, -0.15) is 0 Å². The zero-order chi connectivity index (χ0) is 14.4. The Labute approximate surface area is 123 Å². The van der Waals surface area contributed by atoms with Gasteiger partial charge in [0.05, 0.1) is 6.04 Å². The van der Waals surface area contributed by atoms with Crippen LogP contribution in [0, 0.1) is 13.8 Å². The van der Waals surface area contributed by atoms with Crippen LogP contribution in [0.4, 0.5) is 0 Å². The van der Waals surface area contributed by atoms with E-state index in [-0.39, 0.29) is 6.04 Å². The molecular formula is C16H17N5. The number of nitrogens with one attached hydrogen (secondary N) is 1. The molecule has 1 aliphatic heterocycles. The van der Waals surface area contributed by atoms with Gasteiger partial charge < -0.3 is 5.32 Å². The number of benzene rings is 1. The summed E-state index contributed by atoms with van der Waals surface area (Å²) >= 11 is 0. The van der Waals surface area contributed by atoms with Crippen molar-refractivity contribution in [1.82, 2.24) is 24.9 Å². The summed E-state index contributed by atoms with van der Waals surface area (Å²) in [6, 6.07) is 10.7. The Morgan fingerprint density at radius 2 is 1.95 bits per heavy atom. The van der Waals surface area contributed by atoms with Crippen LogP contribution in [0.2, 0.25) is 0 Å². The van der Waals surface area contributed by atoms with Crippen LogP contribution in [0.1, 0.15) is 34.5 Å². The monoisotopic (exact) mass is 279 g/mol. The van der Waals surface area contributed by atoms with Crippen LogP contribution in [0.3, 0.4) is 0 Å². The molecule has 1 aliphatic rings. The molecular weight excluding hydrogens is 262 g/mol. The van der Waals surface area contributed by atoms with Crippen LogP contribution in [0.5, 0.6) is 0 Å². The Morgan fingerprint density at radius 1 is 1.14 bits per heavy atom. The van der Waals surface area contributed by atoms with E-state index in [4.69, 9.17) is 0 Å². The molecule has 2 aromatic heterocycles. The van der Waals surface area contributed by atoms with Crippen molar-refractivity contribution >= 4 is 5.65 Å². The third kappa shape index (κ3) is 2.01. The summed E-state index contributed by atoms with van der Waals surface area (Å²) in [4.78, 5) is 4.53. The number of aryl methyl sites for hydroxylation is 2. The number of hydrogen-bond acceptors (Lipinski definition) is 4. The van der Waals surface area contributed by atoms with Gasteiger partial charge in [0, 0.05) is 18.3 Å². The third-order valence-corrected chi connectivity index (χ3v) is 4.11. The molecule has 1 aromatic carbocycles. The summed E-state index contributed by atoms with van der Waals surface area (Å²) in [5.41, 5.74) is 4.60. The molecule has 5 heteroatoms. The van der Waals surface area contributed by atoms with Gasteiger partial charge in [-0.15, -0.1) is 10.2 Å². The summed E-state index contributed by atoms with van der Waals surface area (Å²) < 4.78 is 2.05. The zero-order valence-corrected chi connectivity index (χ0v) is 12.2. The lowest BCUT2D eigenvalue weighted by atomic mass is 9.95. The predicted molar refractivity (Wildman–Crippen MR) is 80.0 cm³/mol. The van der Waals surface area contributed by atoms with Crippen molar-refractivity contribution in [2.75, 3.05) is 0 Å². The van der Waals surface area contributed by atoms with E-state index >= 15 is 0 Å². The van der Waals surface area contributed by atoms with Gasteiger partial charge >= 0.3 is 0 Å². The van der Waals surface area contributed by atoms with Crippen LogP contribution in [-0.2, 0) is 13.0 Å². The first kappa shape index (κ1) is 12.5. The van der Waals surface area contributed by atoms with E-state index in [2.05, 4.69) is 49.2 Å². The highest BCUT2D eigenvalue weighted by Crippen LogP contribution is 2.25. The van der Waals surface area contributed by atoms with Crippen molar-refractivity contribution < 1.29 is 0 Å². The minimum atomic E-state index is 0.179. The topological polar surface area (TPSA) is 55.1 Å². The highest BCUT2D eigenvalue weighted by atomic mass is 15.3. The standard InChI is InChI=1S/C16H17N5/c1-10-7-15-19-20-16(21(15)11(2)18-10)14-8-12-5-3-4-6-13(12)9-17-14/h3-7,14,17H,8-9H2,1-2H3. The molecule has 1 atom stereocenters. The minimum Gasteiger partial charge on any atom is -0.303 e. The van der Waals surface area contributed by atoms with Crippen molar-refractivity contribution in [3.05, 3.63) is 58.8 Å². The van der Waals surface area contributed by atoms with Gasteiger partial charge in [-0.05, 0) is 31.4 Å². The second-order valence-electron chi connectivity index (χ2n) is 5.60. The Morgan fingerprint density at radius 3 is 2.81 bits per heavy atom. The normalized spacial score (nSPS) is 17.9. The molecule has 0 spiro atoms. The number of rotatable bonds is 1. The van der Waals surface area contributed by atoms with Crippen LogP contribution in [-0.4, -0.2) is 19.6 Å². The van der Waals surface area contributed by atoms with E-state index in [0.29, 0.717) is 0 Å². The molecule has 21 heavy (non-hydrogen) atoms. The van der Waals surface area contributed by atoms with Gasteiger partial charge in [0.25, 0.3) is 0 Å². The number of aromatic nitrogens is 4. The van der Waals surface area contributed by atoms with Gasteiger partial charge in [0.15, 0.2) is 11.5 Å². The van der Waals surface area contributed by atoms with Crippen LogP contribution in [0.15, 0.2) is 30.3 Å². The number of fused-ring (bicyclic) bond motifs is 2.